The van der Waals surface area contributed by atoms with Gasteiger partial charge in [0.2, 0.25) is 0 Å². The lowest BCUT2D eigenvalue weighted by Crippen LogP contribution is -2.23. The second kappa shape index (κ2) is 4.22. The predicted molar refractivity (Wildman–Crippen MR) is 71.8 cm³/mol. The molecule has 0 amide bonds. The molecule has 0 aromatic carbocycles. The molecular formula is C15H22N2O. The van der Waals surface area contributed by atoms with Crippen molar-refractivity contribution in [1.82, 2.24) is 9.97 Å². The Morgan fingerprint density at radius 2 is 1.83 bits per heavy atom. The predicted octanol–water partition coefficient (Wildman–Crippen LogP) is 3.33. The number of aromatic nitrogens is 2. The van der Waals surface area contributed by atoms with Crippen LogP contribution in [-0.4, -0.2) is 9.97 Å². The molecule has 0 aliphatic heterocycles. The Morgan fingerprint density at radius 3 is 2.44 bits per heavy atom. The van der Waals surface area contributed by atoms with E-state index < -0.39 is 0 Å². The maximum Gasteiger partial charge on any atom is 0.251 e. The highest BCUT2D eigenvalue weighted by Gasteiger charge is 2.30. The molecule has 0 radical (unpaired) electrons. The SMILES string of the molecule is CC1(C)CCC(c2nc(C3CC3)cc(=O)[nH]2)CC1. The quantitative estimate of drug-likeness (QED) is 0.870. The third kappa shape index (κ3) is 2.50. The van der Waals surface area contributed by atoms with Crippen molar-refractivity contribution in [3.63, 3.8) is 0 Å². The number of rotatable bonds is 2. The Kier molecular flexibility index (Phi) is 2.80. The van der Waals surface area contributed by atoms with Crippen molar-refractivity contribution in [3.05, 3.63) is 27.9 Å². The van der Waals surface area contributed by atoms with Crippen LogP contribution in [0.5, 0.6) is 0 Å². The van der Waals surface area contributed by atoms with Gasteiger partial charge in [0.05, 0.1) is 5.69 Å². The highest BCUT2D eigenvalue weighted by Crippen LogP contribution is 2.42. The summed E-state index contributed by atoms with van der Waals surface area (Å²) < 4.78 is 0. The van der Waals surface area contributed by atoms with E-state index in [0.717, 1.165) is 24.4 Å². The van der Waals surface area contributed by atoms with E-state index in [1.54, 1.807) is 6.07 Å². The molecule has 1 N–H and O–H groups in total. The van der Waals surface area contributed by atoms with Crippen molar-refractivity contribution < 1.29 is 0 Å². The Morgan fingerprint density at radius 1 is 1.17 bits per heavy atom. The number of hydrogen-bond acceptors (Lipinski definition) is 2. The minimum Gasteiger partial charge on any atom is -0.310 e. The molecular weight excluding hydrogens is 224 g/mol. The van der Waals surface area contributed by atoms with Crippen molar-refractivity contribution in [1.29, 1.82) is 0 Å². The van der Waals surface area contributed by atoms with Gasteiger partial charge in [0, 0.05) is 17.9 Å². The first-order chi connectivity index (χ1) is 8.53. The highest BCUT2D eigenvalue weighted by molar-refractivity contribution is 5.15. The van der Waals surface area contributed by atoms with Gasteiger partial charge in [-0.25, -0.2) is 4.98 Å². The summed E-state index contributed by atoms with van der Waals surface area (Å²) in [6.45, 7) is 4.67. The fraction of sp³-hybridized carbons (Fsp3) is 0.733. The van der Waals surface area contributed by atoms with E-state index >= 15 is 0 Å². The first-order valence-electron chi connectivity index (χ1n) is 7.15. The molecule has 2 aliphatic rings. The van der Waals surface area contributed by atoms with Crippen molar-refractivity contribution in [2.45, 2.75) is 64.2 Å². The molecule has 2 aliphatic carbocycles. The lowest BCUT2D eigenvalue weighted by atomic mass is 9.73. The summed E-state index contributed by atoms with van der Waals surface area (Å²) in [5, 5.41) is 0. The molecule has 0 saturated heterocycles. The van der Waals surface area contributed by atoms with E-state index in [2.05, 4.69) is 18.8 Å². The van der Waals surface area contributed by atoms with E-state index in [-0.39, 0.29) is 5.56 Å². The van der Waals surface area contributed by atoms with E-state index in [1.165, 1.54) is 25.7 Å². The molecule has 0 bridgehead atoms. The number of H-pyrrole nitrogens is 1. The van der Waals surface area contributed by atoms with Gasteiger partial charge in [-0.15, -0.1) is 0 Å². The molecule has 18 heavy (non-hydrogen) atoms. The minimum absolute atomic E-state index is 0.0340. The van der Waals surface area contributed by atoms with Gasteiger partial charge in [-0.05, 0) is 43.9 Å². The van der Waals surface area contributed by atoms with Crippen LogP contribution in [0.25, 0.3) is 0 Å². The van der Waals surface area contributed by atoms with Crippen molar-refractivity contribution in [2.75, 3.05) is 0 Å². The molecule has 3 heteroatoms. The second-order valence-electron chi connectivity index (χ2n) is 6.77. The van der Waals surface area contributed by atoms with Crippen LogP contribution >= 0.6 is 0 Å². The van der Waals surface area contributed by atoms with Crippen molar-refractivity contribution >= 4 is 0 Å². The first-order valence-corrected chi connectivity index (χ1v) is 7.15. The summed E-state index contributed by atoms with van der Waals surface area (Å²) in [5.74, 6) is 1.97. The fourth-order valence-corrected chi connectivity index (χ4v) is 2.95. The molecule has 2 saturated carbocycles. The maximum atomic E-state index is 11.7. The summed E-state index contributed by atoms with van der Waals surface area (Å²) in [4.78, 5) is 19.4. The lowest BCUT2D eigenvalue weighted by molar-refractivity contribution is 0.220. The number of hydrogen-bond donors (Lipinski definition) is 1. The standard InChI is InChI=1S/C15H22N2O/c1-15(2)7-5-11(6-8-15)14-16-12(10-3-4-10)9-13(18)17-14/h9-11H,3-8H2,1-2H3,(H,16,17,18). The van der Waals surface area contributed by atoms with Gasteiger partial charge in [-0.1, -0.05) is 13.8 Å². The Hall–Kier alpha value is -1.12. The average Bonchev–Trinajstić information content (AvgIpc) is 3.11. The Bertz CT molecular complexity index is 489. The zero-order chi connectivity index (χ0) is 12.8. The van der Waals surface area contributed by atoms with Crippen LogP contribution in [0.3, 0.4) is 0 Å². The summed E-state index contributed by atoms with van der Waals surface area (Å²) in [7, 11) is 0. The number of nitrogens with one attached hydrogen (secondary N) is 1. The molecule has 1 heterocycles. The van der Waals surface area contributed by atoms with E-state index in [4.69, 9.17) is 4.98 Å². The van der Waals surface area contributed by atoms with Gasteiger partial charge in [-0.2, -0.15) is 0 Å². The molecule has 1 aromatic heterocycles. The van der Waals surface area contributed by atoms with Gasteiger partial charge in [0.25, 0.3) is 5.56 Å². The largest absolute Gasteiger partial charge is 0.310 e. The summed E-state index contributed by atoms with van der Waals surface area (Å²) >= 11 is 0. The van der Waals surface area contributed by atoms with Gasteiger partial charge >= 0.3 is 0 Å². The van der Waals surface area contributed by atoms with Crippen LogP contribution in [0.4, 0.5) is 0 Å². The van der Waals surface area contributed by atoms with Crippen LogP contribution in [0, 0.1) is 5.41 Å². The smallest absolute Gasteiger partial charge is 0.251 e. The topological polar surface area (TPSA) is 45.8 Å². The molecule has 0 atom stereocenters. The van der Waals surface area contributed by atoms with Crippen LogP contribution < -0.4 is 5.56 Å². The van der Waals surface area contributed by atoms with Crippen LogP contribution in [0.15, 0.2) is 10.9 Å². The molecule has 3 nitrogen and oxygen atoms in total. The zero-order valence-corrected chi connectivity index (χ0v) is 11.3. The van der Waals surface area contributed by atoms with E-state index in [9.17, 15) is 4.79 Å². The molecule has 0 spiro atoms. The Labute approximate surface area is 108 Å². The van der Waals surface area contributed by atoms with E-state index in [1.807, 2.05) is 0 Å². The fourth-order valence-electron chi connectivity index (χ4n) is 2.95. The molecule has 3 rings (SSSR count). The van der Waals surface area contributed by atoms with Gasteiger partial charge < -0.3 is 4.98 Å². The number of aromatic amines is 1. The third-order valence-electron chi connectivity index (χ3n) is 4.50. The average molecular weight is 246 g/mol. The van der Waals surface area contributed by atoms with Crippen LogP contribution in [0.2, 0.25) is 0 Å². The van der Waals surface area contributed by atoms with Crippen LogP contribution in [-0.2, 0) is 0 Å². The maximum absolute atomic E-state index is 11.7. The number of nitrogens with zero attached hydrogens (tertiary/aromatic N) is 1. The molecule has 98 valence electrons. The highest BCUT2D eigenvalue weighted by atomic mass is 16.1. The summed E-state index contributed by atoms with van der Waals surface area (Å²) in [5.41, 5.74) is 1.52. The minimum atomic E-state index is 0.0340. The molecule has 2 fully saturated rings. The Balaban J connectivity index is 1.82. The first kappa shape index (κ1) is 11.9. The zero-order valence-electron chi connectivity index (χ0n) is 11.3. The molecule has 0 unspecified atom stereocenters. The third-order valence-corrected chi connectivity index (χ3v) is 4.50. The normalized spacial score (nSPS) is 24.1. The van der Waals surface area contributed by atoms with Gasteiger partial charge in [-0.3, -0.25) is 4.79 Å². The summed E-state index contributed by atoms with van der Waals surface area (Å²) in [6.07, 6.45) is 7.18. The van der Waals surface area contributed by atoms with E-state index in [0.29, 0.717) is 17.3 Å². The van der Waals surface area contributed by atoms with Crippen molar-refractivity contribution in [3.8, 4) is 0 Å². The van der Waals surface area contributed by atoms with Crippen LogP contribution in [0.1, 0.15) is 75.7 Å². The monoisotopic (exact) mass is 246 g/mol. The van der Waals surface area contributed by atoms with Crippen molar-refractivity contribution in [2.24, 2.45) is 5.41 Å². The van der Waals surface area contributed by atoms with Gasteiger partial charge in [0.1, 0.15) is 5.82 Å². The second-order valence-corrected chi connectivity index (χ2v) is 6.77. The summed E-state index contributed by atoms with van der Waals surface area (Å²) in [6, 6.07) is 1.69. The van der Waals surface area contributed by atoms with Gasteiger partial charge in [0.15, 0.2) is 0 Å². The lowest BCUT2D eigenvalue weighted by Gasteiger charge is -2.33. The molecule has 1 aromatic rings.